The summed E-state index contributed by atoms with van der Waals surface area (Å²) < 4.78 is 52.5. The third-order valence-corrected chi connectivity index (χ3v) is 8.50. The van der Waals surface area contributed by atoms with Crippen LogP contribution in [-0.2, 0) is 41.1 Å². The highest BCUT2D eigenvalue weighted by molar-refractivity contribution is 5.67. The second-order valence-corrected chi connectivity index (χ2v) is 11.5. The van der Waals surface area contributed by atoms with Crippen LogP contribution in [-0.4, -0.2) is 66.0 Å². The fraction of sp³-hybridized carbons (Fsp3) is 0.448. The number of benzene rings is 1. The summed E-state index contributed by atoms with van der Waals surface area (Å²) in [6.45, 7) is 2.30. The van der Waals surface area contributed by atoms with Crippen LogP contribution in [0.5, 0.6) is 0 Å². The molecular formula is C29H31F3N6O4. The van der Waals surface area contributed by atoms with E-state index < -0.39 is 23.4 Å². The van der Waals surface area contributed by atoms with E-state index in [0.717, 1.165) is 21.9 Å². The molecule has 3 aromatic heterocycles. The Labute approximate surface area is 239 Å². The molecule has 2 fully saturated rings. The number of aliphatic carboxylic acids is 1. The number of hydrogen-bond donors (Lipinski definition) is 1. The highest BCUT2D eigenvalue weighted by Gasteiger charge is 2.42. The first-order chi connectivity index (χ1) is 20.0. The topological polar surface area (TPSA) is 107 Å². The van der Waals surface area contributed by atoms with Gasteiger partial charge in [-0.2, -0.15) is 13.2 Å². The Hall–Kier alpha value is -3.97. The van der Waals surface area contributed by atoms with Crippen molar-refractivity contribution in [3.05, 3.63) is 82.1 Å². The van der Waals surface area contributed by atoms with Gasteiger partial charge in [0.15, 0.2) is 0 Å². The fourth-order valence-electron chi connectivity index (χ4n) is 6.07. The molecule has 0 saturated carbocycles. The summed E-state index contributed by atoms with van der Waals surface area (Å²) in [6.07, 6.45) is 1.67. The molecule has 10 nitrogen and oxygen atoms in total. The highest BCUT2D eigenvalue weighted by atomic mass is 19.4. The number of aromatic nitrogens is 5. The minimum absolute atomic E-state index is 0.0606. The van der Waals surface area contributed by atoms with E-state index in [2.05, 4.69) is 10.2 Å². The number of carboxylic acid groups (broad SMARTS) is 1. The molecule has 0 aliphatic carbocycles. The van der Waals surface area contributed by atoms with Crippen LogP contribution in [0.1, 0.15) is 41.8 Å². The summed E-state index contributed by atoms with van der Waals surface area (Å²) in [7, 11) is 1.86. The van der Waals surface area contributed by atoms with Crippen molar-refractivity contribution in [3.8, 4) is 5.69 Å². The second kappa shape index (κ2) is 10.7. The molecule has 2 aliphatic heterocycles. The van der Waals surface area contributed by atoms with E-state index in [1.54, 1.807) is 18.5 Å². The van der Waals surface area contributed by atoms with Crippen molar-refractivity contribution in [1.29, 1.82) is 0 Å². The summed E-state index contributed by atoms with van der Waals surface area (Å²) in [4.78, 5) is 26.6. The predicted octanol–water partition coefficient (Wildman–Crippen LogP) is 3.43. The van der Waals surface area contributed by atoms with Crippen molar-refractivity contribution in [1.82, 2.24) is 28.6 Å². The number of pyridine rings is 1. The summed E-state index contributed by atoms with van der Waals surface area (Å²) in [5.74, 6) is -0.000832. The van der Waals surface area contributed by atoms with Gasteiger partial charge < -0.3 is 14.4 Å². The maximum atomic E-state index is 14.3. The quantitative estimate of drug-likeness (QED) is 0.338. The van der Waals surface area contributed by atoms with Crippen molar-refractivity contribution < 1.29 is 27.8 Å². The van der Waals surface area contributed by atoms with Gasteiger partial charge in [-0.3, -0.25) is 18.7 Å². The molecule has 0 atom stereocenters. The molecule has 222 valence electrons. The third kappa shape index (κ3) is 5.34. The predicted molar refractivity (Wildman–Crippen MR) is 145 cm³/mol. The third-order valence-electron chi connectivity index (χ3n) is 8.50. The molecule has 5 heterocycles. The van der Waals surface area contributed by atoms with E-state index in [4.69, 9.17) is 9.84 Å². The Balaban J connectivity index is 1.33. The van der Waals surface area contributed by atoms with Gasteiger partial charge in [0, 0.05) is 44.2 Å². The van der Waals surface area contributed by atoms with E-state index in [1.807, 2.05) is 28.6 Å². The number of ether oxygens (including phenoxy) is 1. The number of alkyl halides is 3. The maximum absolute atomic E-state index is 14.3. The van der Waals surface area contributed by atoms with Crippen LogP contribution in [0.3, 0.4) is 0 Å². The van der Waals surface area contributed by atoms with Crippen molar-refractivity contribution in [3.63, 3.8) is 0 Å². The summed E-state index contributed by atoms with van der Waals surface area (Å²) in [5.41, 5.74) is -0.347. The van der Waals surface area contributed by atoms with Crippen molar-refractivity contribution in [2.75, 3.05) is 26.3 Å². The van der Waals surface area contributed by atoms with Crippen LogP contribution in [0.2, 0.25) is 0 Å². The number of carboxylic acids is 1. The van der Waals surface area contributed by atoms with E-state index in [9.17, 15) is 22.8 Å². The number of hydrogen-bond acceptors (Lipinski definition) is 6. The lowest BCUT2D eigenvalue weighted by Gasteiger charge is -2.41. The Morgan fingerprint density at radius 2 is 1.93 bits per heavy atom. The van der Waals surface area contributed by atoms with Crippen LogP contribution in [0.25, 0.3) is 11.2 Å². The van der Waals surface area contributed by atoms with Gasteiger partial charge in [0.2, 0.25) is 0 Å². The first-order valence-electron chi connectivity index (χ1n) is 13.8. The number of aryl methyl sites for hydroxylation is 1. The monoisotopic (exact) mass is 584 g/mol. The molecule has 2 aliphatic rings. The van der Waals surface area contributed by atoms with Crippen LogP contribution in [0, 0.1) is 5.92 Å². The highest BCUT2D eigenvalue weighted by Crippen LogP contribution is 2.37. The van der Waals surface area contributed by atoms with Crippen LogP contribution >= 0.6 is 0 Å². The first kappa shape index (κ1) is 28.2. The number of nitrogens with zero attached hydrogens (tertiary/aromatic N) is 6. The average Bonchev–Trinajstić information content (AvgIpc) is 3.48. The molecule has 0 spiro atoms. The zero-order valence-electron chi connectivity index (χ0n) is 23.0. The van der Waals surface area contributed by atoms with Gasteiger partial charge >= 0.3 is 17.8 Å². The van der Waals surface area contributed by atoms with Gasteiger partial charge in [-0.25, -0.2) is 4.79 Å². The van der Waals surface area contributed by atoms with Gasteiger partial charge in [-0.05, 0) is 61.2 Å². The number of fused-ring (bicyclic) bond motifs is 1. The number of piperidine rings is 1. The zero-order chi connectivity index (χ0) is 29.6. The number of likely N-dealkylation sites (tertiary alicyclic amines) is 1. The van der Waals surface area contributed by atoms with Crippen molar-refractivity contribution in [2.24, 2.45) is 13.0 Å². The number of carbonyl (C=O) groups is 1. The lowest BCUT2D eigenvalue weighted by Crippen LogP contribution is -2.49. The van der Waals surface area contributed by atoms with E-state index >= 15 is 0 Å². The number of imidazole rings is 1. The molecule has 6 rings (SSSR count). The van der Waals surface area contributed by atoms with Crippen LogP contribution in [0.4, 0.5) is 13.2 Å². The molecule has 4 aromatic rings. The summed E-state index contributed by atoms with van der Waals surface area (Å²) >= 11 is 0. The zero-order valence-corrected chi connectivity index (χ0v) is 23.0. The minimum atomic E-state index is -4.67. The molecule has 0 unspecified atom stereocenters. The average molecular weight is 585 g/mol. The fourth-order valence-corrected chi connectivity index (χ4v) is 6.07. The van der Waals surface area contributed by atoms with Gasteiger partial charge in [0.25, 0.3) is 0 Å². The SMILES string of the molecule is Cn1cnnc1CC1(c2cccc(-n3cc4c(C(F)(F)F)cc(CN5CCC(CC(=O)O)CC5)cn4c3=O)c2)COC1. The molecule has 0 bridgehead atoms. The molecule has 0 radical (unpaired) electrons. The van der Waals surface area contributed by atoms with Crippen LogP contribution in [0.15, 0.2) is 53.8 Å². The smallest absolute Gasteiger partial charge is 0.418 e. The van der Waals surface area contributed by atoms with Gasteiger partial charge in [0.05, 0.1) is 30.0 Å². The molecular weight excluding hydrogens is 553 g/mol. The Morgan fingerprint density at radius 1 is 1.17 bits per heavy atom. The van der Waals surface area contributed by atoms with Crippen LogP contribution < -0.4 is 5.69 Å². The maximum Gasteiger partial charge on any atom is 0.418 e. The Morgan fingerprint density at radius 3 is 2.55 bits per heavy atom. The minimum Gasteiger partial charge on any atom is -0.481 e. The van der Waals surface area contributed by atoms with Gasteiger partial charge in [-0.15, -0.1) is 10.2 Å². The van der Waals surface area contributed by atoms with Gasteiger partial charge in [0.1, 0.15) is 12.2 Å². The van der Waals surface area contributed by atoms with Gasteiger partial charge in [-0.1, -0.05) is 12.1 Å². The van der Waals surface area contributed by atoms with E-state index in [-0.39, 0.29) is 29.8 Å². The van der Waals surface area contributed by atoms with E-state index in [1.165, 1.54) is 17.0 Å². The summed E-state index contributed by atoms with van der Waals surface area (Å²) in [5, 5.41) is 17.2. The van der Waals surface area contributed by atoms with Crippen molar-refractivity contribution in [2.45, 2.75) is 43.8 Å². The summed E-state index contributed by atoms with van der Waals surface area (Å²) in [6, 6.07) is 8.37. The number of rotatable bonds is 8. The largest absolute Gasteiger partial charge is 0.481 e. The molecule has 2 saturated heterocycles. The normalized spacial score (nSPS) is 17.9. The van der Waals surface area contributed by atoms with Crippen molar-refractivity contribution >= 4 is 11.5 Å². The number of halogens is 3. The molecule has 1 aromatic carbocycles. The first-order valence-corrected chi connectivity index (χ1v) is 13.8. The van der Waals surface area contributed by atoms with E-state index in [0.29, 0.717) is 56.8 Å². The standard InChI is InChI=1S/C29H31F3N6O4/c1-35-18-33-34-25(35)12-28(16-42-17-28)21-3-2-4-22(11-21)37-15-24-23(29(30,31)32)9-20(14-38(24)27(37)41)13-36-7-5-19(6-8-36)10-26(39)40/h2-4,9,11,14-15,18-19H,5-8,10,12-13,16-17H2,1H3,(H,39,40). The molecule has 42 heavy (non-hydrogen) atoms. The lowest BCUT2D eigenvalue weighted by molar-refractivity contribution is -0.138. The Kier molecular flexibility index (Phi) is 7.17. The molecule has 13 heteroatoms. The second-order valence-electron chi connectivity index (χ2n) is 11.5. The molecule has 0 amide bonds. The Bertz CT molecular complexity index is 1680. The molecule has 1 N–H and O–H groups in total. The lowest BCUT2D eigenvalue weighted by atomic mass is 9.75.